The summed E-state index contributed by atoms with van der Waals surface area (Å²) in [5.74, 6) is 0.676. The molecular weight excluding hydrogens is 296 g/mol. The van der Waals surface area contributed by atoms with Gasteiger partial charge in [0.1, 0.15) is 6.10 Å². The molecule has 3 rings (SSSR count). The lowest BCUT2D eigenvalue weighted by atomic mass is 10.1. The van der Waals surface area contributed by atoms with Crippen LogP contribution in [0.5, 0.6) is 5.88 Å². The van der Waals surface area contributed by atoms with Crippen LogP contribution in [0.15, 0.2) is 66.7 Å². The Morgan fingerprint density at radius 3 is 2.33 bits per heavy atom. The number of pyridine rings is 1. The largest absolute Gasteiger partial charge is 0.468 e. The SMILES string of the molecule is CCN(CC)C[C@@H](Oc1ccc2ccccc2n1)c1ccccc1. The third kappa shape index (κ3) is 3.92. The van der Waals surface area contributed by atoms with Crippen molar-refractivity contribution in [3.8, 4) is 5.88 Å². The maximum Gasteiger partial charge on any atom is 0.214 e. The molecule has 1 atom stereocenters. The van der Waals surface area contributed by atoms with E-state index >= 15 is 0 Å². The molecule has 0 fully saturated rings. The maximum absolute atomic E-state index is 6.29. The molecule has 0 aliphatic heterocycles. The summed E-state index contributed by atoms with van der Waals surface area (Å²) in [5, 5.41) is 1.13. The topological polar surface area (TPSA) is 25.4 Å². The Morgan fingerprint density at radius 2 is 1.58 bits per heavy atom. The number of fused-ring (bicyclic) bond motifs is 1. The van der Waals surface area contributed by atoms with Crippen LogP contribution in [0.25, 0.3) is 10.9 Å². The van der Waals surface area contributed by atoms with Crippen molar-refractivity contribution >= 4 is 10.9 Å². The van der Waals surface area contributed by atoms with E-state index in [9.17, 15) is 0 Å². The Morgan fingerprint density at radius 1 is 0.875 bits per heavy atom. The minimum Gasteiger partial charge on any atom is -0.468 e. The number of hydrogen-bond donors (Lipinski definition) is 0. The van der Waals surface area contributed by atoms with Gasteiger partial charge >= 0.3 is 0 Å². The lowest BCUT2D eigenvalue weighted by Crippen LogP contribution is -2.30. The van der Waals surface area contributed by atoms with Crippen LogP contribution in [0, 0.1) is 0 Å². The van der Waals surface area contributed by atoms with Crippen LogP contribution >= 0.6 is 0 Å². The average Bonchev–Trinajstić information content (AvgIpc) is 2.65. The lowest BCUT2D eigenvalue weighted by Gasteiger charge is -2.26. The van der Waals surface area contributed by atoms with Gasteiger partial charge in [-0.05, 0) is 30.8 Å². The van der Waals surface area contributed by atoms with Gasteiger partial charge in [-0.1, -0.05) is 62.4 Å². The Labute approximate surface area is 143 Å². The van der Waals surface area contributed by atoms with Gasteiger partial charge in [-0.25, -0.2) is 4.98 Å². The standard InChI is InChI=1S/C21H24N2O/c1-3-23(4-2)16-20(18-11-6-5-7-12-18)24-21-15-14-17-10-8-9-13-19(17)22-21/h5-15,20H,3-4,16H2,1-2H3/t20-/m1/s1. The fourth-order valence-electron chi connectivity index (χ4n) is 2.85. The summed E-state index contributed by atoms with van der Waals surface area (Å²) in [6, 6.07) is 22.5. The van der Waals surface area contributed by atoms with Crippen LogP contribution in [-0.2, 0) is 0 Å². The number of benzene rings is 2. The number of ether oxygens (including phenoxy) is 1. The highest BCUT2D eigenvalue weighted by Gasteiger charge is 2.17. The second-order valence-corrected chi connectivity index (χ2v) is 5.85. The van der Waals surface area contributed by atoms with Crippen LogP contribution < -0.4 is 4.74 Å². The summed E-state index contributed by atoms with van der Waals surface area (Å²) in [5.41, 5.74) is 2.14. The summed E-state index contributed by atoms with van der Waals surface area (Å²) in [6.07, 6.45) is -0.0280. The Hall–Kier alpha value is -2.39. The third-order valence-electron chi connectivity index (χ3n) is 4.33. The fraction of sp³-hybridized carbons (Fsp3) is 0.286. The molecule has 0 unspecified atom stereocenters. The number of para-hydroxylation sites is 1. The zero-order valence-corrected chi connectivity index (χ0v) is 14.4. The van der Waals surface area contributed by atoms with Crippen LogP contribution in [0.3, 0.4) is 0 Å². The van der Waals surface area contributed by atoms with Crippen molar-refractivity contribution in [2.24, 2.45) is 0 Å². The first-order chi connectivity index (χ1) is 11.8. The molecular formula is C21H24N2O. The van der Waals surface area contributed by atoms with Crippen molar-refractivity contribution in [2.45, 2.75) is 20.0 Å². The molecule has 3 aromatic rings. The zero-order valence-electron chi connectivity index (χ0n) is 14.4. The average molecular weight is 320 g/mol. The van der Waals surface area contributed by atoms with E-state index in [2.05, 4.69) is 60.1 Å². The molecule has 0 aliphatic rings. The zero-order chi connectivity index (χ0) is 16.8. The molecule has 0 bridgehead atoms. The van der Waals surface area contributed by atoms with Crippen molar-refractivity contribution in [1.82, 2.24) is 9.88 Å². The minimum absolute atomic E-state index is 0.0280. The van der Waals surface area contributed by atoms with Gasteiger partial charge in [0.2, 0.25) is 5.88 Å². The van der Waals surface area contributed by atoms with Gasteiger partial charge in [0.25, 0.3) is 0 Å². The van der Waals surface area contributed by atoms with Crippen molar-refractivity contribution in [3.05, 3.63) is 72.3 Å². The second-order valence-electron chi connectivity index (χ2n) is 5.85. The normalized spacial score (nSPS) is 12.5. The van der Waals surface area contributed by atoms with E-state index in [1.165, 1.54) is 5.56 Å². The van der Waals surface area contributed by atoms with E-state index in [0.717, 1.165) is 30.5 Å². The second kappa shape index (κ2) is 7.93. The first-order valence-corrected chi connectivity index (χ1v) is 8.60. The molecule has 3 nitrogen and oxygen atoms in total. The number of likely N-dealkylation sites (N-methyl/N-ethyl adjacent to an activating group) is 1. The molecule has 24 heavy (non-hydrogen) atoms. The van der Waals surface area contributed by atoms with Gasteiger partial charge in [0.15, 0.2) is 0 Å². The molecule has 1 aromatic heterocycles. The summed E-state index contributed by atoms with van der Waals surface area (Å²) >= 11 is 0. The Balaban J connectivity index is 1.86. The fourth-order valence-corrected chi connectivity index (χ4v) is 2.85. The molecule has 0 saturated heterocycles. The first-order valence-electron chi connectivity index (χ1n) is 8.60. The number of nitrogens with zero attached hydrogens (tertiary/aromatic N) is 2. The van der Waals surface area contributed by atoms with E-state index in [0.29, 0.717) is 5.88 Å². The van der Waals surface area contributed by atoms with Crippen molar-refractivity contribution in [3.63, 3.8) is 0 Å². The molecule has 0 radical (unpaired) electrons. The van der Waals surface area contributed by atoms with Crippen molar-refractivity contribution in [1.29, 1.82) is 0 Å². The van der Waals surface area contributed by atoms with E-state index in [1.54, 1.807) is 0 Å². The van der Waals surface area contributed by atoms with E-state index in [1.807, 2.05) is 30.3 Å². The summed E-state index contributed by atoms with van der Waals surface area (Å²) in [7, 11) is 0. The van der Waals surface area contributed by atoms with E-state index < -0.39 is 0 Å². The van der Waals surface area contributed by atoms with Gasteiger partial charge in [0, 0.05) is 18.0 Å². The molecule has 0 spiro atoms. The molecule has 0 N–H and O–H groups in total. The van der Waals surface area contributed by atoms with Crippen LogP contribution in [0.4, 0.5) is 0 Å². The predicted octanol–water partition coefficient (Wildman–Crippen LogP) is 4.70. The highest BCUT2D eigenvalue weighted by Crippen LogP contribution is 2.23. The van der Waals surface area contributed by atoms with E-state index in [4.69, 9.17) is 4.74 Å². The number of hydrogen-bond acceptors (Lipinski definition) is 3. The molecule has 0 saturated carbocycles. The monoisotopic (exact) mass is 320 g/mol. The van der Waals surface area contributed by atoms with Gasteiger partial charge in [-0.3, -0.25) is 4.90 Å². The maximum atomic E-state index is 6.29. The minimum atomic E-state index is -0.0280. The Bertz CT molecular complexity index is 769. The van der Waals surface area contributed by atoms with Crippen LogP contribution in [0.1, 0.15) is 25.5 Å². The molecule has 0 amide bonds. The van der Waals surface area contributed by atoms with Gasteiger partial charge in [-0.15, -0.1) is 0 Å². The summed E-state index contributed by atoms with van der Waals surface area (Å²) in [4.78, 5) is 7.03. The van der Waals surface area contributed by atoms with Gasteiger partial charge < -0.3 is 4.74 Å². The quantitative estimate of drug-likeness (QED) is 0.631. The molecule has 1 heterocycles. The van der Waals surface area contributed by atoms with Crippen LogP contribution in [0.2, 0.25) is 0 Å². The Kier molecular flexibility index (Phi) is 5.44. The summed E-state index contributed by atoms with van der Waals surface area (Å²) < 4.78 is 6.29. The number of rotatable bonds is 7. The smallest absolute Gasteiger partial charge is 0.214 e. The highest BCUT2D eigenvalue weighted by atomic mass is 16.5. The number of aromatic nitrogens is 1. The van der Waals surface area contributed by atoms with Crippen molar-refractivity contribution < 1.29 is 4.74 Å². The molecule has 2 aromatic carbocycles. The molecule has 3 heteroatoms. The van der Waals surface area contributed by atoms with Gasteiger partial charge in [0.05, 0.1) is 5.52 Å². The van der Waals surface area contributed by atoms with E-state index in [-0.39, 0.29) is 6.10 Å². The molecule has 124 valence electrons. The van der Waals surface area contributed by atoms with Crippen molar-refractivity contribution in [2.75, 3.05) is 19.6 Å². The predicted molar refractivity (Wildman–Crippen MR) is 99.3 cm³/mol. The third-order valence-corrected chi connectivity index (χ3v) is 4.33. The van der Waals surface area contributed by atoms with Gasteiger partial charge in [-0.2, -0.15) is 0 Å². The highest BCUT2D eigenvalue weighted by molar-refractivity contribution is 5.78. The molecule has 0 aliphatic carbocycles. The first kappa shape index (κ1) is 16.5. The summed E-state index contributed by atoms with van der Waals surface area (Å²) in [6.45, 7) is 7.23. The lowest BCUT2D eigenvalue weighted by molar-refractivity contribution is 0.135. The van der Waals surface area contributed by atoms with Crippen LogP contribution in [-0.4, -0.2) is 29.5 Å².